The lowest BCUT2D eigenvalue weighted by atomic mass is 10.00. The quantitative estimate of drug-likeness (QED) is 0.122. The lowest BCUT2D eigenvalue weighted by molar-refractivity contribution is 0.0496. The topological polar surface area (TPSA) is 59.3 Å². The van der Waals surface area contributed by atoms with Gasteiger partial charge in [-0.2, -0.15) is 5.26 Å². The third-order valence-electron chi connectivity index (χ3n) is 6.11. The Kier molecular flexibility index (Phi) is 10.1. The fourth-order valence-corrected chi connectivity index (χ4v) is 4.75. The third kappa shape index (κ3) is 7.80. The minimum atomic E-state index is -0.313. The van der Waals surface area contributed by atoms with Crippen molar-refractivity contribution in [2.45, 2.75) is 25.7 Å². The van der Waals surface area contributed by atoms with Crippen molar-refractivity contribution in [1.29, 1.82) is 5.26 Å². The van der Waals surface area contributed by atoms with Crippen LogP contribution in [0.4, 0.5) is 0 Å². The lowest BCUT2D eigenvalue weighted by Crippen LogP contribution is -2.07. The van der Waals surface area contributed by atoms with E-state index in [1.165, 1.54) is 0 Å². The Hall–Kier alpha value is -3.40. The van der Waals surface area contributed by atoms with Crippen molar-refractivity contribution in [2.24, 2.45) is 0 Å². The molecular weight excluding hydrogens is 606 g/mol. The van der Waals surface area contributed by atoms with E-state index in [9.17, 15) is 4.79 Å². The molecular formula is C32H27Br2NO3. The fourth-order valence-electron chi connectivity index (χ4n) is 3.98. The first kappa shape index (κ1) is 27.6. The summed E-state index contributed by atoms with van der Waals surface area (Å²) in [6.07, 6.45) is 3.77. The van der Waals surface area contributed by atoms with Gasteiger partial charge in [0.05, 0.1) is 30.4 Å². The summed E-state index contributed by atoms with van der Waals surface area (Å²) in [5.74, 6) is 0.545. The summed E-state index contributed by atoms with van der Waals surface area (Å²) in [4.78, 5) is 12.2. The van der Waals surface area contributed by atoms with Gasteiger partial charge >= 0.3 is 5.97 Å². The Morgan fingerprint density at radius 3 is 1.79 bits per heavy atom. The molecule has 0 saturated heterocycles. The zero-order valence-corrected chi connectivity index (χ0v) is 24.0. The number of hydrogen-bond donors (Lipinski definition) is 0. The van der Waals surface area contributed by atoms with Crippen molar-refractivity contribution in [2.75, 3.05) is 13.2 Å². The third-order valence-corrected chi connectivity index (χ3v) is 7.29. The zero-order chi connectivity index (χ0) is 26.7. The van der Waals surface area contributed by atoms with Crippen molar-refractivity contribution in [1.82, 2.24) is 0 Å². The van der Waals surface area contributed by atoms with E-state index in [4.69, 9.17) is 14.7 Å². The molecule has 6 heteroatoms. The summed E-state index contributed by atoms with van der Waals surface area (Å²) < 4.78 is 12.9. The number of esters is 1. The van der Waals surface area contributed by atoms with E-state index in [1.807, 2.05) is 48.5 Å². The van der Waals surface area contributed by atoms with Crippen LogP contribution in [0.5, 0.6) is 5.75 Å². The first-order valence-electron chi connectivity index (χ1n) is 12.5. The number of carbonyl (C=O) groups excluding carboxylic acids is 1. The lowest BCUT2D eigenvalue weighted by Gasteiger charge is -2.09. The Morgan fingerprint density at radius 1 is 0.684 bits per heavy atom. The average Bonchev–Trinajstić information content (AvgIpc) is 2.96. The number of nitriles is 1. The average molecular weight is 633 g/mol. The van der Waals surface area contributed by atoms with Crippen LogP contribution in [0, 0.1) is 11.3 Å². The molecule has 192 valence electrons. The highest BCUT2D eigenvalue weighted by Crippen LogP contribution is 2.27. The summed E-state index contributed by atoms with van der Waals surface area (Å²) in [7, 11) is 0. The molecule has 0 spiro atoms. The molecule has 0 unspecified atom stereocenters. The van der Waals surface area contributed by atoms with Crippen molar-refractivity contribution in [3.05, 3.63) is 111 Å². The Labute approximate surface area is 240 Å². The van der Waals surface area contributed by atoms with Gasteiger partial charge in [0.15, 0.2) is 0 Å². The van der Waals surface area contributed by atoms with Crippen LogP contribution in [0.15, 0.2) is 99.9 Å². The molecule has 0 fully saturated rings. The number of nitrogens with zero attached hydrogens (tertiary/aromatic N) is 1. The molecule has 4 nitrogen and oxygen atoms in total. The predicted octanol–water partition coefficient (Wildman–Crippen LogP) is 9.21. The maximum Gasteiger partial charge on any atom is 0.339 e. The van der Waals surface area contributed by atoms with Gasteiger partial charge in [-0.15, -0.1) is 0 Å². The summed E-state index contributed by atoms with van der Waals surface area (Å²) in [6.45, 7) is 1.07. The van der Waals surface area contributed by atoms with Crippen LogP contribution >= 0.6 is 31.9 Å². The molecule has 0 aliphatic heterocycles. The van der Waals surface area contributed by atoms with E-state index >= 15 is 0 Å². The van der Waals surface area contributed by atoms with Crippen LogP contribution in [0.1, 0.15) is 41.6 Å². The van der Waals surface area contributed by atoms with E-state index in [0.717, 1.165) is 62.6 Å². The highest BCUT2D eigenvalue weighted by atomic mass is 79.9. The molecule has 0 aliphatic rings. The van der Waals surface area contributed by atoms with Gasteiger partial charge in [-0.05, 0) is 106 Å². The molecule has 0 N–H and O–H groups in total. The number of ether oxygens (including phenoxy) is 2. The van der Waals surface area contributed by atoms with Crippen LogP contribution < -0.4 is 4.74 Å². The second kappa shape index (κ2) is 13.9. The van der Waals surface area contributed by atoms with Crippen LogP contribution in [0.3, 0.4) is 0 Å². The number of benzene rings is 4. The van der Waals surface area contributed by atoms with E-state index in [1.54, 1.807) is 6.07 Å². The molecule has 0 amide bonds. The molecule has 4 aromatic rings. The van der Waals surface area contributed by atoms with Gasteiger partial charge in [0.2, 0.25) is 0 Å². The maximum atomic E-state index is 12.2. The first-order valence-corrected chi connectivity index (χ1v) is 14.1. The Balaban J connectivity index is 1.14. The Morgan fingerprint density at radius 2 is 1.21 bits per heavy atom. The molecule has 4 rings (SSSR count). The van der Waals surface area contributed by atoms with E-state index in [0.29, 0.717) is 24.3 Å². The standard InChI is InChI=1S/C32H27Br2NO3/c33-28-15-18-31(34)30(21-28)32(36)38-20-4-2-1-3-19-37-29-16-13-27(14-17-29)26-11-9-25(10-12-26)24-7-5-23(22-35)6-8-24/h5-18,21H,1-4,19-20H2. The van der Waals surface area contributed by atoms with Crippen molar-refractivity contribution in [3.8, 4) is 34.1 Å². The van der Waals surface area contributed by atoms with Crippen LogP contribution in [-0.2, 0) is 4.74 Å². The Bertz CT molecular complexity index is 1390. The molecule has 4 aromatic carbocycles. The molecule has 0 aromatic heterocycles. The highest BCUT2D eigenvalue weighted by Gasteiger charge is 2.11. The summed E-state index contributed by atoms with van der Waals surface area (Å²) in [6, 6.07) is 31.8. The zero-order valence-electron chi connectivity index (χ0n) is 20.8. The van der Waals surface area contributed by atoms with Gasteiger partial charge in [0, 0.05) is 8.95 Å². The number of halogens is 2. The maximum absolute atomic E-state index is 12.2. The van der Waals surface area contributed by atoms with E-state index in [2.05, 4.69) is 74.3 Å². The molecule has 0 aliphatic carbocycles. The van der Waals surface area contributed by atoms with Gasteiger partial charge in [-0.25, -0.2) is 4.79 Å². The number of rotatable bonds is 11. The molecule has 0 atom stereocenters. The van der Waals surface area contributed by atoms with E-state index < -0.39 is 0 Å². The van der Waals surface area contributed by atoms with Crippen LogP contribution in [0.2, 0.25) is 0 Å². The van der Waals surface area contributed by atoms with Crippen LogP contribution in [-0.4, -0.2) is 19.2 Å². The molecule has 38 heavy (non-hydrogen) atoms. The second-order valence-corrected chi connectivity index (χ2v) is 10.6. The summed E-state index contributed by atoms with van der Waals surface area (Å²) in [5, 5.41) is 8.96. The van der Waals surface area contributed by atoms with Gasteiger partial charge in [0.25, 0.3) is 0 Å². The van der Waals surface area contributed by atoms with Gasteiger partial charge in [-0.3, -0.25) is 0 Å². The largest absolute Gasteiger partial charge is 0.494 e. The minimum absolute atomic E-state index is 0.313. The molecule has 0 saturated carbocycles. The van der Waals surface area contributed by atoms with Gasteiger partial charge < -0.3 is 9.47 Å². The summed E-state index contributed by atoms with van der Waals surface area (Å²) in [5.41, 5.74) is 5.67. The smallest absolute Gasteiger partial charge is 0.339 e. The monoisotopic (exact) mass is 631 g/mol. The molecule has 0 bridgehead atoms. The minimum Gasteiger partial charge on any atom is -0.494 e. The van der Waals surface area contributed by atoms with Gasteiger partial charge in [-0.1, -0.05) is 64.5 Å². The van der Waals surface area contributed by atoms with Crippen LogP contribution in [0.25, 0.3) is 22.3 Å². The number of unbranched alkanes of at least 4 members (excludes halogenated alkanes) is 3. The normalized spacial score (nSPS) is 10.6. The first-order chi connectivity index (χ1) is 18.5. The number of hydrogen-bond acceptors (Lipinski definition) is 4. The highest BCUT2D eigenvalue weighted by molar-refractivity contribution is 9.11. The fraction of sp³-hybridized carbons (Fsp3) is 0.188. The van der Waals surface area contributed by atoms with Gasteiger partial charge in [0.1, 0.15) is 5.75 Å². The summed E-state index contributed by atoms with van der Waals surface area (Å²) >= 11 is 6.77. The van der Waals surface area contributed by atoms with Crippen molar-refractivity contribution >= 4 is 37.8 Å². The van der Waals surface area contributed by atoms with E-state index in [-0.39, 0.29) is 5.97 Å². The predicted molar refractivity (Wildman–Crippen MR) is 158 cm³/mol. The van der Waals surface area contributed by atoms with Crippen molar-refractivity contribution < 1.29 is 14.3 Å². The molecule has 0 radical (unpaired) electrons. The molecule has 0 heterocycles. The SMILES string of the molecule is N#Cc1ccc(-c2ccc(-c3ccc(OCCCCCCOC(=O)c4cc(Br)ccc4Br)cc3)cc2)cc1. The second-order valence-electron chi connectivity index (χ2n) is 8.81. The number of carbonyl (C=O) groups is 1. The van der Waals surface area contributed by atoms with Crippen molar-refractivity contribution in [3.63, 3.8) is 0 Å².